The first kappa shape index (κ1) is 14.4. The average Bonchev–Trinajstić information content (AvgIpc) is 2.34. The topological polar surface area (TPSA) is 37.3 Å². The summed E-state index contributed by atoms with van der Waals surface area (Å²) < 4.78 is 19.9. The van der Waals surface area contributed by atoms with E-state index in [1.54, 1.807) is 6.07 Å². The zero-order valence-electron chi connectivity index (χ0n) is 10.5. The van der Waals surface area contributed by atoms with Gasteiger partial charge in [0.2, 0.25) is 0 Å². The third-order valence-corrected chi connectivity index (χ3v) is 3.58. The van der Waals surface area contributed by atoms with Crippen molar-refractivity contribution in [3.8, 4) is 0 Å². The molecular weight excluding hydrogens is 232 g/mol. The number of benzene rings is 1. The van der Waals surface area contributed by atoms with Crippen LogP contribution < -0.4 is 0 Å². The molecule has 0 amide bonds. The van der Waals surface area contributed by atoms with Crippen LogP contribution in [0, 0.1) is 0 Å². The van der Waals surface area contributed by atoms with E-state index in [0.717, 1.165) is 6.42 Å². The molecule has 0 saturated heterocycles. The highest BCUT2D eigenvalue weighted by molar-refractivity contribution is 7.79. The largest absolute Gasteiger partial charge is 0.302 e. The fraction of sp³-hybridized carbons (Fsp3) is 0.571. The molecule has 0 aliphatic carbocycles. The van der Waals surface area contributed by atoms with Gasteiger partial charge < -0.3 is 4.55 Å². The number of unbranched alkanes of at least 4 members (excludes halogenated alkanes) is 5. The van der Waals surface area contributed by atoms with Crippen LogP contribution in [0.5, 0.6) is 0 Å². The van der Waals surface area contributed by atoms with Crippen molar-refractivity contribution in [1.82, 2.24) is 0 Å². The zero-order chi connectivity index (χ0) is 12.5. The van der Waals surface area contributed by atoms with Gasteiger partial charge in [-0.2, -0.15) is 0 Å². The summed E-state index contributed by atoms with van der Waals surface area (Å²) in [4.78, 5) is 0.508. The van der Waals surface area contributed by atoms with Crippen LogP contribution in [0.2, 0.25) is 0 Å². The van der Waals surface area contributed by atoms with Gasteiger partial charge >= 0.3 is 0 Å². The molecular formula is C14H22O2S. The molecule has 1 aromatic rings. The Balaban J connectivity index is 2.27. The lowest BCUT2D eigenvalue weighted by Gasteiger charge is -2.03. The van der Waals surface area contributed by atoms with Crippen LogP contribution in [0.25, 0.3) is 0 Å². The lowest BCUT2D eigenvalue weighted by Crippen LogP contribution is -1.91. The van der Waals surface area contributed by atoms with Crippen molar-refractivity contribution in [2.24, 2.45) is 0 Å². The zero-order valence-corrected chi connectivity index (χ0v) is 11.3. The summed E-state index contributed by atoms with van der Waals surface area (Å²) in [6, 6.07) is 7.42. The van der Waals surface area contributed by atoms with Crippen molar-refractivity contribution < 1.29 is 8.76 Å². The van der Waals surface area contributed by atoms with Crippen LogP contribution >= 0.6 is 0 Å². The normalized spacial score (nSPS) is 12.6. The van der Waals surface area contributed by atoms with Gasteiger partial charge in [0, 0.05) is 0 Å². The number of hydrogen-bond acceptors (Lipinski definition) is 1. The molecule has 0 spiro atoms. The summed E-state index contributed by atoms with van der Waals surface area (Å²) in [5.74, 6) is 0. The summed E-state index contributed by atoms with van der Waals surface area (Å²) in [5, 5.41) is 0. The molecule has 1 atom stereocenters. The Morgan fingerprint density at radius 3 is 2.53 bits per heavy atom. The monoisotopic (exact) mass is 254 g/mol. The van der Waals surface area contributed by atoms with Gasteiger partial charge in [0.15, 0.2) is 11.1 Å². The molecule has 1 unspecified atom stereocenters. The predicted octanol–water partition coefficient (Wildman–Crippen LogP) is 4.17. The van der Waals surface area contributed by atoms with Gasteiger partial charge in [0.1, 0.15) is 0 Å². The number of hydrogen-bond donors (Lipinski definition) is 1. The quantitative estimate of drug-likeness (QED) is 0.558. The number of aryl methyl sites for hydroxylation is 1. The van der Waals surface area contributed by atoms with Crippen molar-refractivity contribution in [3.05, 3.63) is 29.8 Å². The van der Waals surface area contributed by atoms with E-state index in [0.29, 0.717) is 4.90 Å². The first-order chi connectivity index (χ1) is 8.24. The van der Waals surface area contributed by atoms with E-state index < -0.39 is 11.1 Å². The van der Waals surface area contributed by atoms with Gasteiger partial charge in [-0.05, 0) is 30.5 Å². The second-order valence-corrected chi connectivity index (χ2v) is 5.38. The second kappa shape index (κ2) is 8.43. The van der Waals surface area contributed by atoms with E-state index in [1.165, 1.54) is 44.1 Å². The molecule has 96 valence electrons. The Morgan fingerprint density at radius 2 is 1.82 bits per heavy atom. The minimum Gasteiger partial charge on any atom is -0.302 e. The Kier molecular flexibility index (Phi) is 7.13. The molecule has 0 bridgehead atoms. The van der Waals surface area contributed by atoms with Crippen molar-refractivity contribution in [3.63, 3.8) is 0 Å². The summed E-state index contributed by atoms with van der Waals surface area (Å²) in [5.41, 5.74) is 1.17. The van der Waals surface area contributed by atoms with Crippen molar-refractivity contribution >= 4 is 11.1 Å². The molecule has 3 heteroatoms. The molecule has 0 radical (unpaired) electrons. The van der Waals surface area contributed by atoms with Gasteiger partial charge in [-0.1, -0.05) is 51.2 Å². The molecule has 0 saturated carbocycles. The van der Waals surface area contributed by atoms with E-state index in [2.05, 4.69) is 6.92 Å². The molecule has 0 fully saturated rings. The highest BCUT2D eigenvalue weighted by Crippen LogP contribution is 2.13. The molecule has 1 aromatic carbocycles. The average molecular weight is 254 g/mol. The summed E-state index contributed by atoms with van der Waals surface area (Å²) in [6.45, 7) is 2.22. The van der Waals surface area contributed by atoms with Crippen LogP contribution in [0.1, 0.15) is 51.0 Å². The van der Waals surface area contributed by atoms with E-state index in [1.807, 2.05) is 18.2 Å². The summed E-state index contributed by atoms with van der Waals surface area (Å²) >= 11 is -1.85. The van der Waals surface area contributed by atoms with E-state index in [-0.39, 0.29) is 0 Å². The highest BCUT2D eigenvalue weighted by Gasteiger charge is 2.00. The fourth-order valence-electron chi connectivity index (χ4n) is 1.92. The fourth-order valence-corrected chi connectivity index (χ4v) is 2.37. The Hall–Kier alpha value is -0.670. The van der Waals surface area contributed by atoms with Crippen molar-refractivity contribution in [2.45, 2.75) is 56.8 Å². The maximum Gasteiger partial charge on any atom is 0.186 e. The van der Waals surface area contributed by atoms with Gasteiger partial charge in [0.25, 0.3) is 0 Å². The lowest BCUT2D eigenvalue weighted by molar-refractivity contribution is 0.564. The minimum atomic E-state index is -1.85. The third-order valence-electron chi connectivity index (χ3n) is 2.92. The molecule has 0 aromatic heterocycles. The maximum atomic E-state index is 10.9. The van der Waals surface area contributed by atoms with Gasteiger partial charge in [-0.25, -0.2) is 4.21 Å². The summed E-state index contributed by atoms with van der Waals surface area (Å²) in [6.07, 6.45) is 8.69. The standard InChI is InChI=1S/C14H22O2S/c1-2-3-4-5-6-7-9-13-10-8-11-14(12-13)17(15)16/h8,10-12H,2-7,9H2,1H3,(H,15,16). The van der Waals surface area contributed by atoms with Crippen molar-refractivity contribution in [2.75, 3.05) is 0 Å². The van der Waals surface area contributed by atoms with Crippen LogP contribution in [0.3, 0.4) is 0 Å². The first-order valence-electron chi connectivity index (χ1n) is 6.44. The molecule has 17 heavy (non-hydrogen) atoms. The molecule has 1 N–H and O–H groups in total. The maximum absolute atomic E-state index is 10.9. The molecule has 0 aliphatic rings. The molecule has 1 rings (SSSR count). The Labute approximate surface area is 107 Å². The first-order valence-corrected chi connectivity index (χ1v) is 7.54. The molecule has 0 heterocycles. The van der Waals surface area contributed by atoms with Crippen LogP contribution in [-0.2, 0) is 17.5 Å². The second-order valence-electron chi connectivity index (χ2n) is 4.41. The van der Waals surface area contributed by atoms with Gasteiger partial charge in [-0.15, -0.1) is 0 Å². The van der Waals surface area contributed by atoms with Gasteiger partial charge in [0.05, 0.1) is 4.90 Å². The molecule has 0 aliphatic heterocycles. The predicted molar refractivity (Wildman–Crippen MR) is 72.6 cm³/mol. The van der Waals surface area contributed by atoms with Crippen molar-refractivity contribution in [1.29, 1.82) is 0 Å². The Bertz CT molecular complexity index is 350. The van der Waals surface area contributed by atoms with Crippen LogP contribution in [0.15, 0.2) is 29.2 Å². The van der Waals surface area contributed by atoms with E-state index >= 15 is 0 Å². The van der Waals surface area contributed by atoms with Crippen LogP contribution in [0.4, 0.5) is 0 Å². The van der Waals surface area contributed by atoms with E-state index in [9.17, 15) is 4.21 Å². The highest BCUT2D eigenvalue weighted by atomic mass is 32.2. The lowest BCUT2D eigenvalue weighted by atomic mass is 10.1. The molecule has 2 nitrogen and oxygen atoms in total. The smallest absolute Gasteiger partial charge is 0.186 e. The van der Waals surface area contributed by atoms with Gasteiger partial charge in [-0.3, -0.25) is 0 Å². The summed E-state index contributed by atoms with van der Waals surface area (Å²) in [7, 11) is 0. The minimum absolute atomic E-state index is 0.508. The Morgan fingerprint density at radius 1 is 1.12 bits per heavy atom. The SMILES string of the molecule is CCCCCCCCc1cccc(S(=O)O)c1. The van der Waals surface area contributed by atoms with Crippen LogP contribution in [-0.4, -0.2) is 8.76 Å². The number of rotatable bonds is 8. The third kappa shape index (κ3) is 5.99. The van der Waals surface area contributed by atoms with E-state index in [4.69, 9.17) is 4.55 Å².